The minimum absolute atomic E-state index is 0.170. The molecule has 0 spiro atoms. The van der Waals surface area contributed by atoms with E-state index >= 15 is 0 Å². The van der Waals surface area contributed by atoms with Crippen LogP contribution in [0.2, 0.25) is 0 Å². The molecule has 86 valence electrons. The van der Waals surface area contributed by atoms with Crippen LogP contribution in [0.3, 0.4) is 0 Å². The number of carbonyl (C=O) groups is 2. The van der Waals surface area contributed by atoms with Crippen LogP contribution in [-0.2, 0) is 9.59 Å². The van der Waals surface area contributed by atoms with E-state index in [1.807, 2.05) is 0 Å². The van der Waals surface area contributed by atoms with Crippen molar-refractivity contribution in [1.82, 2.24) is 5.32 Å². The molecule has 1 unspecified atom stereocenters. The molecule has 1 rings (SSSR count). The standard InChI is InChI=1S/C10H18N2O3/c1-2-7(8(13)14)6-12-9(15)10(11)4-3-5-10/h7H,2-6,11H2,1H3,(H,12,15)(H,13,14). The summed E-state index contributed by atoms with van der Waals surface area (Å²) in [4.78, 5) is 22.3. The number of hydrogen-bond donors (Lipinski definition) is 3. The van der Waals surface area contributed by atoms with E-state index in [9.17, 15) is 9.59 Å². The van der Waals surface area contributed by atoms with Crippen LogP contribution in [0.15, 0.2) is 0 Å². The van der Waals surface area contributed by atoms with Crippen LogP contribution in [0.5, 0.6) is 0 Å². The molecule has 0 bridgehead atoms. The Morgan fingerprint density at radius 1 is 1.53 bits per heavy atom. The first-order valence-electron chi connectivity index (χ1n) is 5.29. The minimum Gasteiger partial charge on any atom is -0.481 e. The summed E-state index contributed by atoms with van der Waals surface area (Å²) >= 11 is 0. The van der Waals surface area contributed by atoms with Crippen molar-refractivity contribution < 1.29 is 14.7 Å². The average Bonchev–Trinajstić information content (AvgIpc) is 2.14. The summed E-state index contributed by atoms with van der Waals surface area (Å²) < 4.78 is 0. The Hall–Kier alpha value is -1.10. The number of carboxylic acids is 1. The fourth-order valence-corrected chi connectivity index (χ4v) is 1.58. The first kappa shape index (κ1) is 12.0. The van der Waals surface area contributed by atoms with Gasteiger partial charge >= 0.3 is 5.97 Å². The molecule has 0 aliphatic heterocycles. The maximum atomic E-state index is 11.6. The zero-order valence-corrected chi connectivity index (χ0v) is 8.95. The highest BCUT2D eigenvalue weighted by atomic mass is 16.4. The van der Waals surface area contributed by atoms with E-state index in [4.69, 9.17) is 10.8 Å². The number of amides is 1. The third-order valence-corrected chi connectivity index (χ3v) is 3.05. The fraction of sp³-hybridized carbons (Fsp3) is 0.800. The highest BCUT2D eigenvalue weighted by Gasteiger charge is 2.40. The molecule has 1 aliphatic rings. The number of nitrogens with two attached hydrogens (primary N) is 1. The molecule has 5 heteroatoms. The highest BCUT2D eigenvalue weighted by molar-refractivity contribution is 5.87. The van der Waals surface area contributed by atoms with E-state index in [0.717, 1.165) is 6.42 Å². The summed E-state index contributed by atoms with van der Waals surface area (Å²) in [6, 6.07) is 0. The van der Waals surface area contributed by atoms with Gasteiger partial charge in [-0.1, -0.05) is 6.92 Å². The van der Waals surface area contributed by atoms with Crippen molar-refractivity contribution in [3.05, 3.63) is 0 Å². The Morgan fingerprint density at radius 2 is 2.13 bits per heavy atom. The molecule has 15 heavy (non-hydrogen) atoms. The minimum atomic E-state index is -0.877. The zero-order valence-electron chi connectivity index (χ0n) is 8.95. The van der Waals surface area contributed by atoms with Crippen LogP contribution >= 0.6 is 0 Å². The summed E-state index contributed by atoms with van der Waals surface area (Å²) in [5.41, 5.74) is 5.05. The van der Waals surface area contributed by atoms with E-state index in [2.05, 4.69) is 5.32 Å². The largest absolute Gasteiger partial charge is 0.481 e. The first-order chi connectivity index (χ1) is 6.99. The van der Waals surface area contributed by atoms with Gasteiger partial charge in [-0.3, -0.25) is 9.59 Å². The van der Waals surface area contributed by atoms with Gasteiger partial charge in [0.2, 0.25) is 5.91 Å². The average molecular weight is 214 g/mol. The Morgan fingerprint density at radius 3 is 2.47 bits per heavy atom. The second-order valence-corrected chi connectivity index (χ2v) is 4.16. The van der Waals surface area contributed by atoms with Crippen LogP contribution in [0.4, 0.5) is 0 Å². The molecule has 0 aromatic heterocycles. The van der Waals surface area contributed by atoms with Crippen molar-refractivity contribution in [3.63, 3.8) is 0 Å². The monoisotopic (exact) mass is 214 g/mol. The summed E-state index contributed by atoms with van der Waals surface area (Å²) in [6.07, 6.45) is 2.87. The molecule has 0 saturated heterocycles. The topological polar surface area (TPSA) is 92.4 Å². The van der Waals surface area contributed by atoms with Gasteiger partial charge in [0, 0.05) is 6.54 Å². The van der Waals surface area contributed by atoms with Crippen LogP contribution < -0.4 is 11.1 Å². The predicted molar refractivity (Wildman–Crippen MR) is 55.2 cm³/mol. The summed E-state index contributed by atoms with van der Waals surface area (Å²) in [7, 11) is 0. The molecule has 1 amide bonds. The summed E-state index contributed by atoms with van der Waals surface area (Å²) in [5.74, 6) is -1.61. The van der Waals surface area contributed by atoms with Gasteiger partial charge in [-0.15, -0.1) is 0 Å². The molecular formula is C10H18N2O3. The quantitative estimate of drug-likeness (QED) is 0.605. The molecule has 1 fully saturated rings. The number of rotatable bonds is 5. The Balaban J connectivity index is 2.36. The lowest BCUT2D eigenvalue weighted by atomic mass is 9.77. The van der Waals surface area contributed by atoms with Gasteiger partial charge < -0.3 is 16.2 Å². The smallest absolute Gasteiger partial charge is 0.308 e. The molecule has 0 aromatic carbocycles. The van der Waals surface area contributed by atoms with E-state index < -0.39 is 17.4 Å². The van der Waals surface area contributed by atoms with Crippen LogP contribution in [0, 0.1) is 5.92 Å². The number of nitrogens with one attached hydrogen (secondary N) is 1. The fourth-order valence-electron chi connectivity index (χ4n) is 1.58. The maximum Gasteiger partial charge on any atom is 0.308 e. The van der Waals surface area contributed by atoms with E-state index in [0.29, 0.717) is 19.3 Å². The Bertz CT molecular complexity index is 261. The van der Waals surface area contributed by atoms with Crippen molar-refractivity contribution in [2.75, 3.05) is 6.54 Å². The van der Waals surface area contributed by atoms with Gasteiger partial charge in [0.25, 0.3) is 0 Å². The van der Waals surface area contributed by atoms with E-state index in [1.165, 1.54) is 0 Å². The van der Waals surface area contributed by atoms with Crippen LogP contribution in [0.25, 0.3) is 0 Å². The second kappa shape index (κ2) is 4.61. The molecule has 1 atom stereocenters. The summed E-state index contributed by atoms with van der Waals surface area (Å²) in [6.45, 7) is 1.95. The van der Waals surface area contributed by atoms with Gasteiger partial charge in [0.1, 0.15) is 0 Å². The predicted octanol–water partition coefficient (Wildman–Crippen LogP) is 0.0948. The number of aliphatic carboxylic acids is 1. The van der Waals surface area contributed by atoms with Gasteiger partial charge in [-0.2, -0.15) is 0 Å². The van der Waals surface area contributed by atoms with Crippen LogP contribution in [0.1, 0.15) is 32.6 Å². The lowest BCUT2D eigenvalue weighted by Crippen LogP contribution is -2.59. The SMILES string of the molecule is CCC(CNC(=O)C1(N)CCC1)C(=O)O. The van der Waals surface area contributed by atoms with Crippen LogP contribution in [-0.4, -0.2) is 29.1 Å². The van der Waals surface area contributed by atoms with Gasteiger partial charge in [0.05, 0.1) is 11.5 Å². The molecule has 0 radical (unpaired) electrons. The van der Waals surface area contributed by atoms with Crippen molar-refractivity contribution in [3.8, 4) is 0 Å². The molecule has 5 nitrogen and oxygen atoms in total. The van der Waals surface area contributed by atoms with E-state index in [1.54, 1.807) is 6.92 Å². The third kappa shape index (κ3) is 2.68. The second-order valence-electron chi connectivity index (χ2n) is 4.16. The van der Waals surface area contributed by atoms with Crippen molar-refractivity contribution in [2.45, 2.75) is 38.1 Å². The van der Waals surface area contributed by atoms with Gasteiger partial charge in [-0.05, 0) is 25.7 Å². The highest BCUT2D eigenvalue weighted by Crippen LogP contribution is 2.29. The molecule has 1 aliphatic carbocycles. The lowest BCUT2D eigenvalue weighted by molar-refractivity contribution is -0.142. The third-order valence-electron chi connectivity index (χ3n) is 3.05. The first-order valence-corrected chi connectivity index (χ1v) is 5.29. The molecule has 1 saturated carbocycles. The zero-order chi connectivity index (χ0) is 11.5. The number of carbonyl (C=O) groups excluding carboxylic acids is 1. The molecule has 4 N–H and O–H groups in total. The number of hydrogen-bond acceptors (Lipinski definition) is 3. The lowest BCUT2D eigenvalue weighted by Gasteiger charge is -2.36. The molecule has 0 heterocycles. The molecule has 0 aromatic rings. The van der Waals surface area contributed by atoms with Crippen molar-refractivity contribution >= 4 is 11.9 Å². The Labute approximate surface area is 89.0 Å². The van der Waals surface area contributed by atoms with Crippen molar-refractivity contribution in [2.24, 2.45) is 11.7 Å². The maximum absolute atomic E-state index is 11.6. The van der Waals surface area contributed by atoms with Gasteiger partial charge in [-0.25, -0.2) is 0 Å². The Kier molecular flexibility index (Phi) is 3.68. The normalized spacial score (nSPS) is 20.1. The number of carboxylic acid groups (broad SMARTS) is 1. The van der Waals surface area contributed by atoms with Gasteiger partial charge in [0.15, 0.2) is 0 Å². The van der Waals surface area contributed by atoms with Crippen molar-refractivity contribution in [1.29, 1.82) is 0 Å². The summed E-state index contributed by atoms with van der Waals surface area (Å²) in [5, 5.41) is 11.4. The van der Waals surface area contributed by atoms with E-state index in [-0.39, 0.29) is 12.5 Å². The molecular weight excluding hydrogens is 196 g/mol.